The van der Waals surface area contributed by atoms with Crippen LogP contribution in [-0.2, 0) is 5.11 Å². The first-order valence-electron chi connectivity index (χ1n) is 2.58. The van der Waals surface area contributed by atoms with Crippen LogP contribution in [0.15, 0.2) is 0 Å². The molecule has 43 valence electrons. The van der Waals surface area contributed by atoms with Crippen molar-refractivity contribution in [3.8, 4) is 0 Å². The quantitative estimate of drug-likeness (QED) is 0.519. The summed E-state index contributed by atoms with van der Waals surface area (Å²) in [4.78, 5) is 0. The van der Waals surface area contributed by atoms with Crippen LogP contribution in [0.3, 0.4) is 0 Å². The van der Waals surface area contributed by atoms with Gasteiger partial charge in [0.15, 0.2) is 0 Å². The highest BCUT2D eigenvalue weighted by molar-refractivity contribution is 7.99. The summed E-state index contributed by atoms with van der Waals surface area (Å²) >= 11 is 1.48. The van der Waals surface area contributed by atoms with Crippen LogP contribution in [0.25, 0.3) is 0 Å². The number of rotatable bonds is 3. The second-order valence-corrected chi connectivity index (χ2v) is 2.73. The summed E-state index contributed by atoms with van der Waals surface area (Å²) in [6.45, 7) is 3.92. The lowest BCUT2D eigenvalue weighted by Crippen LogP contribution is -1.94. The van der Waals surface area contributed by atoms with Crippen LogP contribution in [0.2, 0.25) is 0 Å². The van der Waals surface area contributed by atoms with E-state index in [1.165, 1.54) is 11.8 Å². The second-order valence-electron chi connectivity index (χ2n) is 1.29. The summed E-state index contributed by atoms with van der Waals surface area (Å²) in [7, 11) is 0. The lowest BCUT2D eigenvalue weighted by Gasteiger charge is -1.98. The minimum atomic E-state index is -0.384. The van der Waals surface area contributed by atoms with Gasteiger partial charge in [0.25, 0.3) is 0 Å². The van der Waals surface area contributed by atoms with Gasteiger partial charge in [-0.25, -0.2) is 5.11 Å². The van der Waals surface area contributed by atoms with Crippen LogP contribution < -0.4 is 0 Å². The molecular formula is C5H11OS. The first-order chi connectivity index (χ1) is 3.31. The van der Waals surface area contributed by atoms with E-state index in [9.17, 15) is 5.11 Å². The van der Waals surface area contributed by atoms with Gasteiger partial charge in [-0.3, -0.25) is 0 Å². The monoisotopic (exact) mass is 119 g/mol. The van der Waals surface area contributed by atoms with E-state index >= 15 is 0 Å². The molecule has 1 atom stereocenters. The summed E-state index contributed by atoms with van der Waals surface area (Å²) in [5.41, 5.74) is -0.384. The molecule has 0 heterocycles. The Balaban J connectivity index is 2.83. The van der Waals surface area contributed by atoms with Gasteiger partial charge in [-0.2, -0.15) is 0 Å². The van der Waals surface area contributed by atoms with Crippen molar-refractivity contribution in [1.82, 2.24) is 0 Å². The van der Waals surface area contributed by atoms with E-state index in [-0.39, 0.29) is 5.44 Å². The Bertz CT molecular complexity index is 39.1. The van der Waals surface area contributed by atoms with Gasteiger partial charge in [0, 0.05) is 0 Å². The van der Waals surface area contributed by atoms with Crippen molar-refractivity contribution in [2.24, 2.45) is 0 Å². The van der Waals surface area contributed by atoms with Gasteiger partial charge in [-0.05, 0) is 12.2 Å². The van der Waals surface area contributed by atoms with Crippen molar-refractivity contribution in [2.75, 3.05) is 5.75 Å². The second kappa shape index (κ2) is 4.47. The highest BCUT2D eigenvalue weighted by atomic mass is 32.2. The molecule has 1 nitrogen and oxygen atoms in total. The molecule has 1 radical (unpaired) electrons. The predicted molar refractivity (Wildman–Crippen MR) is 32.9 cm³/mol. The topological polar surface area (TPSA) is 19.9 Å². The van der Waals surface area contributed by atoms with E-state index < -0.39 is 0 Å². The van der Waals surface area contributed by atoms with Crippen molar-refractivity contribution in [1.29, 1.82) is 0 Å². The van der Waals surface area contributed by atoms with Crippen LogP contribution >= 0.6 is 11.8 Å². The van der Waals surface area contributed by atoms with Gasteiger partial charge in [0.2, 0.25) is 0 Å². The maximum atomic E-state index is 10.5. The van der Waals surface area contributed by atoms with Crippen LogP contribution in [0.5, 0.6) is 0 Å². The summed E-state index contributed by atoms with van der Waals surface area (Å²) in [6.07, 6.45) is 0.749. The molecule has 0 saturated carbocycles. The highest BCUT2D eigenvalue weighted by Crippen LogP contribution is 2.09. The van der Waals surface area contributed by atoms with E-state index in [1.807, 2.05) is 13.8 Å². The number of thioether (sulfide) groups is 1. The fourth-order valence-corrected chi connectivity index (χ4v) is 0.911. The molecule has 7 heavy (non-hydrogen) atoms. The van der Waals surface area contributed by atoms with E-state index in [0.717, 1.165) is 12.2 Å². The van der Waals surface area contributed by atoms with Crippen LogP contribution in [0, 0.1) is 0 Å². The molecule has 0 aromatic heterocycles. The Morgan fingerprint density at radius 2 is 2.14 bits per heavy atom. The molecule has 0 N–H and O–H groups in total. The van der Waals surface area contributed by atoms with Crippen molar-refractivity contribution < 1.29 is 5.11 Å². The first kappa shape index (κ1) is 7.31. The Kier molecular flexibility index (Phi) is 4.67. The maximum Gasteiger partial charge on any atom is 0.138 e. The molecule has 2 heteroatoms. The average molecular weight is 119 g/mol. The number of hydrogen-bond acceptors (Lipinski definition) is 1. The molecule has 0 aromatic carbocycles. The molecule has 0 fully saturated rings. The van der Waals surface area contributed by atoms with Crippen molar-refractivity contribution in [3.63, 3.8) is 0 Å². The summed E-state index contributed by atoms with van der Waals surface area (Å²) < 4.78 is 0. The lowest BCUT2D eigenvalue weighted by molar-refractivity contribution is 0.162. The fraction of sp³-hybridized carbons (Fsp3) is 1.00. The largest absolute Gasteiger partial charge is 0.221 e. The normalized spacial score (nSPS) is 14.1. The Morgan fingerprint density at radius 3 is 2.29 bits per heavy atom. The Hall–Kier alpha value is 0.310. The van der Waals surface area contributed by atoms with Gasteiger partial charge >= 0.3 is 0 Å². The first-order valence-corrected chi connectivity index (χ1v) is 3.63. The smallest absolute Gasteiger partial charge is 0.138 e. The molecule has 0 aliphatic rings. The molecule has 0 saturated heterocycles. The molecular weight excluding hydrogens is 108 g/mol. The SMILES string of the molecule is CCSC([O])CC. The standard InChI is InChI=1S/C5H11OS/c1-3-5(6)7-4-2/h5H,3-4H2,1-2H3. The summed E-state index contributed by atoms with van der Waals surface area (Å²) in [6, 6.07) is 0. The van der Waals surface area contributed by atoms with E-state index in [2.05, 4.69) is 0 Å². The zero-order valence-electron chi connectivity index (χ0n) is 4.81. The van der Waals surface area contributed by atoms with E-state index in [1.54, 1.807) is 0 Å². The molecule has 0 aromatic rings. The highest BCUT2D eigenvalue weighted by Gasteiger charge is 1.97. The van der Waals surface area contributed by atoms with Gasteiger partial charge < -0.3 is 0 Å². The van der Waals surface area contributed by atoms with Gasteiger partial charge in [-0.15, -0.1) is 11.8 Å². The third-order valence-corrected chi connectivity index (χ3v) is 1.72. The summed E-state index contributed by atoms with van der Waals surface area (Å²) in [5, 5.41) is 10.5. The molecule has 0 aliphatic carbocycles. The maximum absolute atomic E-state index is 10.5. The minimum absolute atomic E-state index is 0.384. The molecule has 0 rings (SSSR count). The van der Waals surface area contributed by atoms with Crippen molar-refractivity contribution in [2.45, 2.75) is 25.7 Å². The predicted octanol–water partition coefficient (Wildman–Crippen LogP) is 1.91. The molecule has 0 spiro atoms. The Labute approximate surface area is 49.1 Å². The van der Waals surface area contributed by atoms with E-state index in [4.69, 9.17) is 0 Å². The minimum Gasteiger partial charge on any atom is -0.221 e. The van der Waals surface area contributed by atoms with Crippen molar-refractivity contribution >= 4 is 11.8 Å². The van der Waals surface area contributed by atoms with Gasteiger partial charge in [0.1, 0.15) is 5.44 Å². The molecule has 0 aliphatic heterocycles. The molecule has 1 unspecified atom stereocenters. The fourth-order valence-electron chi connectivity index (χ4n) is 0.304. The summed E-state index contributed by atoms with van der Waals surface area (Å²) in [5.74, 6) is 0.946. The van der Waals surface area contributed by atoms with Crippen molar-refractivity contribution in [3.05, 3.63) is 0 Å². The average Bonchev–Trinajstić information content (AvgIpc) is 1.68. The molecule has 0 amide bonds. The third kappa shape index (κ3) is 4.16. The van der Waals surface area contributed by atoms with Gasteiger partial charge in [0.05, 0.1) is 0 Å². The van der Waals surface area contributed by atoms with Crippen LogP contribution in [0.4, 0.5) is 0 Å². The van der Waals surface area contributed by atoms with Crippen LogP contribution in [-0.4, -0.2) is 11.2 Å². The van der Waals surface area contributed by atoms with E-state index in [0.29, 0.717) is 0 Å². The Morgan fingerprint density at radius 1 is 1.57 bits per heavy atom. The molecule has 0 bridgehead atoms. The lowest BCUT2D eigenvalue weighted by atomic mass is 10.5. The van der Waals surface area contributed by atoms with Gasteiger partial charge in [-0.1, -0.05) is 13.8 Å². The third-order valence-electron chi connectivity index (χ3n) is 0.686. The van der Waals surface area contributed by atoms with Crippen LogP contribution in [0.1, 0.15) is 20.3 Å². The zero-order valence-corrected chi connectivity index (χ0v) is 5.62. The zero-order chi connectivity index (χ0) is 5.70. The number of hydrogen-bond donors (Lipinski definition) is 0.